The lowest BCUT2D eigenvalue weighted by molar-refractivity contribution is -0.142. The van der Waals surface area contributed by atoms with Gasteiger partial charge in [-0.05, 0) is 13.0 Å². The van der Waals surface area contributed by atoms with Crippen molar-refractivity contribution in [2.24, 2.45) is 5.73 Å². The van der Waals surface area contributed by atoms with Gasteiger partial charge in [-0.25, -0.2) is 4.79 Å². The van der Waals surface area contributed by atoms with E-state index >= 15 is 0 Å². The number of rotatable bonds is 1. The molecule has 1 rings (SSSR count). The molecule has 0 fully saturated rings. The zero-order valence-corrected chi connectivity index (χ0v) is 6.59. The number of hydrogen-bond acceptors (Lipinski definition) is 4. The molecule has 1 aliphatic heterocycles. The molecule has 0 aromatic carbocycles. The van der Waals surface area contributed by atoms with E-state index in [0.717, 1.165) is 0 Å². The van der Waals surface area contributed by atoms with Gasteiger partial charge in [-0.1, -0.05) is 0 Å². The van der Waals surface area contributed by atoms with Crippen LogP contribution in [-0.4, -0.2) is 18.8 Å². The quantitative estimate of drug-likeness (QED) is 0.550. The van der Waals surface area contributed by atoms with Crippen molar-refractivity contribution in [2.45, 2.75) is 19.1 Å². The molecule has 0 spiro atoms. The Morgan fingerprint density at radius 2 is 2.55 bits per heavy atom. The third kappa shape index (κ3) is 1.71. The smallest absolute Gasteiger partial charge is 0.373 e. The van der Waals surface area contributed by atoms with E-state index in [-0.39, 0.29) is 5.76 Å². The average Bonchev–Trinajstić information content (AvgIpc) is 2.29. The van der Waals surface area contributed by atoms with Crippen LogP contribution in [-0.2, 0) is 14.3 Å². The van der Waals surface area contributed by atoms with Gasteiger partial charge in [0, 0.05) is 6.42 Å². The van der Waals surface area contributed by atoms with Crippen LogP contribution in [0.3, 0.4) is 0 Å². The molecule has 0 saturated carbocycles. The molecule has 62 valence electrons. The van der Waals surface area contributed by atoms with Crippen LogP contribution >= 0.6 is 0 Å². The van der Waals surface area contributed by atoms with Crippen molar-refractivity contribution in [2.75, 3.05) is 7.11 Å². The lowest BCUT2D eigenvalue weighted by Crippen LogP contribution is -2.35. The van der Waals surface area contributed by atoms with Crippen LogP contribution < -0.4 is 5.73 Å². The standard InChI is InChI=1S/C7H11NO3/c1-7(8)4-3-5(11-7)6(9)10-2/h3H,4,8H2,1-2H3. The van der Waals surface area contributed by atoms with Crippen LogP contribution in [0.1, 0.15) is 13.3 Å². The summed E-state index contributed by atoms with van der Waals surface area (Å²) in [5.74, 6) is -0.267. The molecule has 0 amide bonds. The molecule has 0 saturated heterocycles. The van der Waals surface area contributed by atoms with Crippen LogP contribution in [0.5, 0.6) is 0 Å². The second kappa shape index (κ2) is 2.54. The molecular weight excluding hydrogens is 146 g/mol. The van der Waals surface area contributed by atoms with E-state index in [9.17, 15) is 4.79 Å². The predicted octanol–water partition coefficient (Wildman–Crippen LogP) is 0.138. The zero-order valence-electron chi connectivity index (χ0n) is 6.59. The molecule has 0 aromatic heterocycles. The lowest BCUT2D eigenvalue weighted by atomic mass is 10.2. The van der Waals surface area contributed by atoms with Gasteiger partial charge in [0.05, 0.1) is 7.11 Å². The van der Waals surface area contributed by atoms with Gasteiger partial charge < -0.3 is 9.47 Å². The number of esters is 1. The largest absolute Gasteiger partial charge is 0.466 e. The van der Waals surface area contributed by atoms with Crippen molar-refractivity contribution in [1.82, 2.24) is 0 Å². The highest BCUT2D eigenvalue weighted by molar-refractivity contribution is 5.86. The van der Waals surface area contributed by atoms with Crippen LogP contribution in [0.2, 0.25) is 0 Å². The molecule has 0 aliphatic carbocycles. The SMILES string of the molecule is COC(=O)C1=CCC(C)(N)O1. The first-order valence-corrected chi connectivity index (χ1v) is 3.31. The minimum absolute atomic E-state index is 0.206. The van der Waals surface area contributed by atoms with Gasteiger partial charge >= 0.3 is 5.97 Å². The molecule has 0 radical (unpaired) electrons. The summed E-state index contributed by atoms with van der Waals surface area (Å²) >= 11 is 0. The van der Waals surface area contributed by atoms with Crippen molar-refractivity contribution >= 4 is 5.97 Å². The first kappa shape index (κ1) is 8.07. The minimum atomic E-state index is -0.747. The maximum atomic E-state index is 10.8. The highest BCUT2D eigenvalue weighted by atomic mass is 16.6. The summed E-state index contributed by atoms with van der Waals surface area (Å²) < 4.78 is 9.51. The number of ether oxygens (including phenoxy) is 2. The fraction of sp³-hybridized carbons (Fsp3) is 0.571. The van der Waals surface area contributed by atoms with Gasteiger partial charge in [0.15, 0.2) is 5.72 Å². The van der Waals surface area contributed by atoms with E-state index in [1.807, 2.05) is 0 Å². The maximum absolute atomic E-state index is 10.8. The van der Waals surface area contributed by atoms with Gasteiger partial charge in [-0.15, -0.1) is 0 Å². The minimum Gasteiger partial charge on any atom is -0.466 e. The summed E-state index contributed by atoms with van der Waals surface area (Å²) in [4.78, 5) is 10.8. The van der Waals surface area contributed by atoms with E-state index in [2.05, 4.69) is 4.74 Å². The van der Waals surface area contributed by atoms with Gasteiger partial charge in [0.2, 0.25) is 5.76 Å². The Bertz CT molecular complexity index is 208. The van der Waals surface area contributed by atoms with Crippen molar-refractivity contribution in [3.05, 3.63) is 11.8 Å². The molecule has 2 N–H and O–H groups in total. The summed E-state index contributed by atoms with van der Waals surface area (Å²) in [7, 11) is 1.30. The van der Waals surface area contributed by atoms with E-state index in [1.54, 1.807) is 13.0 Å². The highest BCUT2D eigenvalue weighted by Crippen LogP contribution is 2.23. The first-order chi connectivity index (χ1) is 5.05. The molecule has 1 atom stereocenters. The van der Waals surface area contributed by atoms with Gasteiger partial charge in [-0.2, -0.15) is 0 Å². The predicted molar refractivity (Wildman–Crippen MR) is 38.4 cm³/mol. The Labute approximate surface area is 65.0 Å². The summed E-state index contributed by atoms with van der Waals surface area (Å²) in [6.07, 6.45) is 2.17. The van der Waals surface area contributed by atoms with E-state index < -0.39 is 11.7 Å². The van der Waals surface area contributed by atoms with E-state index in [4.69, 9.17) is 10.5 Å². The van der Waals surface area contributed by atoms with Gasteiger partial charge in [0.25, 0.3) is 0 Å². The fourth-order valence-corrected chi connectivity index (χ4v) is 0.855. The third-order valence-electron chi connectivity index (χ3n) is 1.42. The van der Waals surface area contributed by atoms with Crippen molar-refractivity contribution in [3.8, 4) is 0 Å². The summed E-state index contributed by atoms with van der Waals surface area (Å²) in [5, 5.41) is 0. The molecule has 1 heterocycles. The molecule has 4 nitrogen and oxygen atoms in total. The highest BCUT2D eigenvalue weighted by Gasteiger charge is 2.30. The first-order valence-electron chi connectivity index (χ1n) is 3.31. The number of hydrogen-bond donors (Lipinski definition) is 1. The monoisotopic (exact) mass is 157 g/mol. The molecule has 11 heavy (non-hydrogen) atoms. The normalized spacial score (nSPS) is 29.2. The van der Waals surface area contributed by atoms with Crippen LogP contribution in [0.4, 0.5) is 0 Å². The zero-order chi connectivity index (χ0) is 8.48. The lowest BCUT2D eigenvalue weighted by Gasteiger charge is -2.18. The second-order valence-corrected chi connectivity index (χ2v) is 2.68. The summed E-state index contributed by atoms with van der Waals surface area (Å²) in [6.45, 7) is 1.71. The number of methoxy groups -OCH3 is 1. The van der Waals surface area contributed by atoms with Crippen molar-refractivity contribution in [1.29, 1.82) is 0 Å². The topological polar surface area (TPSA) is 61.5 Å². The number of nitrogens with two attached hydrogens (primary N) is 1. The van der Waals surface area contributed by atoms with Crippen LogP contribution in [0.15, 0.2) is 11.8 Å². The molecule has 1 aliphatic rings. The molecule has 4 heteroatoms. The average molecular weight is 157 g/mol. The van der Waals surface area contributed by atoms with Crippen LogP contribution in [0, 0.1) is 0 Å². The van der Waals surface area contributed by atoms with Crippen molar-refractivity contribution < 1.29 is 14.3 Å². The Hall–Kier alpha value is -1.03. The number of carbonyl (C=O) groups excluding carboxylic acids is 1. The Balaban J connectivity index is 2.60. The third-order valence-corrected chi connectivity index (χ3v) is 1.42. The Morgan fingerprint density at radius 1 is 1.91 bits per heavy atom. The molecule has 0 aromatic rings. The van der Waals surface area contributed by atoms with Gasteiger partial charge in [-0.3, -0.25) is 5.73 Å². The molecule has 1 unspecified atom stereocenters. The second-order valence-electron chi connectivity index (χ2n) is 2.68. The van der Waals surface area contributed by atoms with E-state index in [0.29, 0.717) is 6.42 Å². The number of carbonyl (C=O) groups is 1. The molecular formula is C7H11NO3. The van der Waals surface area contributed by atoms with E-state index in [1.165, 1.54) is 7.11 Å². The fourth-order valence-electron chi connectivity index (χ4n) is 0.855. The maximum Gasteiger partial charge on any atom is 0.373 e. The van der Waals surface area contributed by atoms with Crippen LogP contribution in [0.25, 0.3) is 0 Å². The Kier molecular flexibility index (Phi) is 1.87. The molecule has 0 bridgehead atoms. The Morgan fingerprint density at radius 3 is 2.91 bits per heavy atom. The van der Waals surface area contributed by atoms with Crippen molar-refractivity contribution in [3.63, 3.8) is 0 Å². The summed E-state index contributed by atoms with van der Waals surface area (Å²) in [6, 6.07) is 0. The summed E-state index contributed by atoms with van der Waals surface area (Å²) in [5.41, 5.74) is 4.83. The van der Waals surface area contributed by atoms with Gasteiger partial charge in [0.1, 0.15) is 0 Å².